The minimum Gasteiger partial charge on any atom is -0.390 e. The van der Waals surface area contributed by atoms with Crippen LogP contribution >= 0.6 is 0 Å². The van der Waals surface area contributed by atoms with Crippen LogP contribution in [0.2, 0.25) is 0 Å². The Morgan fingerprint density at radius 3 is 2.21 bits per heavy atom. The highest BCUT2D eigenvalue weighted by molar-refractivity contribution is 5.78. The van der Waals surface area contributed by atoms with E-state index >= 15 is 0 Å². The maximum atomic E-state index is 12.1. The van der Waals surface area contributed by atoms with Gasteiger partial charge in [-0.2, -0.15) is 0 Å². The molecule has 1 saturated heterocycles. The number of hydrogen-bond donors (Lipinski definition) is 2. The third kappa shape index (κ3) is 6.72. The third-order valence-corrected chi connectivity index (χ3v) is 5.56. The number of amides is 1. The second kappa shape index (κ2) is 8.18. The summed E-state index contributed by atoms with van der Waals surface area (Å²) in [7, 11) is 0. The molecule has 0 spiro atoms. The van der Waals surface area contributed by atoms with Crippen molar-refractivity contribution < 1.29 is 9.90 Å². The maximum Gasteiger partial charge on any atom is 0.223 e. The summed E-state index contributed by atoms with van der Waals surface area (Å²) in [6.07, 6.45) is 7.76. The lowest BCUT2D eigenvalue weighted by molar-refractivity contribution is -0.125. The molecule has 2 aliphatic rings. The summed E-state index contributed by atoms with van der Waals surface area (Å²) in [6.45, 7) is 12.4. The topological polar surface area (TPSA) is 52.6 Å². The molecular weight excluding hydrogens is 300 g/mol. The average molecular weight is 339 g/mol. The number of nitrogens with zero attached hydrogens (tertiary/aromatic N) is 1. The molecule has 1 aliphatic carbocycles. The second-order valence-corrected chi connectivity index (χ2v) is 9.60. The van der Waals surface area contributed by atoms with E-state index in [4.69, 9.17) is 0 Å². The Hall–Kier alpha value is -0.610. The SMILES string of the molecule is CC(C)(O)CC(C)(C)CN1CCC(CNC(=O)C2CCCC2)CC1. The van der Waals surface area contributed by atoms with E-state index in [-0.39, 0.29) is 11.3 Å². The Balaban J connectivity index is 1.66. The molecule has 2 rings (SSSR count). The van der Waals surface area contributed by atoms with Gasteiger partial charge in [-0.15, -0.1) is 0 Å². The van der Waals surface area contributed by atoms with Crippen molar-refractivity contribution in [1.29, 1.82) is 0 Å². The molecule has 0 bridgehead atoms. The Kier molecular flexibility index (Phi) is 6.72. The number of carbonyl (C=O) groups is 1. The molecular formula is C20H38N2O2. The molecule has 0 unspecified atom stereocenters. The number of carbonyl (C=O) groups excluding carboxylic acids is 1. The lowest BCUT2D eigenvalue weighted by atomic mass is 9.81. The Morgan fingerprint density at radius 2 is 1.67 bits per heavy atom. The van der Waals surface area contributed by atoms with Gasteiger partial charge in [0.05, 0.1) is 5.60 Å². The lowest BCUT2D eigenvalue weighted by Crippen LogP contribution is -2.44. The van der Waals surface area contributed by atoms with Gasteiger partial charge in [-0.25, -0.2) is 0 Å². The predicted octanol–water partition coefficient (Wildman–Crippen LogP) is 3.19. The van der Waals surface area contributed by atoms with Crippen LogP contribution in [0.3, 0.4) is 0 Å². The van der Waals surface area contributed by atoms with E-state index in [0.29, 0.717) is 11.8 Å². The highest BCUT2D eigenvalue weighted by Crippen LogP contribution is 2.30. The van der Waals surface area contributed by atoms with Crippen molar-refractivity contribution in [1.82, 2.24) is 10.2 Å². The van der Waals surface area contributed by atoms with Gasteiger partial charge in [-0.3, -0.25) is 4.79 Å². The van der Waals surface area contributed by atoms with E-state index in [1.165, 1.54) is 25.7 Å². The number of piperidine rings is 1. The standard InChI is InChI=1S/C20H38N2O2/c1-19(2,14-20(3,4)24)15-22-11-9-16(10-12-22)13-21-18(23)17-7-5-6-8-17/h16-17,24H,5-15H2,1-4H3,(H,21,23). The van der Waals surface area contributed by atoms with Crippen LogP contribution in [-0.4, -0.2) is 47.7 Å². The minimum absolute atomic E-state index is 0.127. The van der Waals surface area contributed by atoms with Crippen molar-refractivity contribution in [3.8, 4) is 0 Å². The van der Waals surface area contributed by atoms with Crippen LogP contribution in [0, 0.1) is 17.3 Å². The lowest BCUT2D eigenvalue weighted by Gasteiger charge is -2.39. The zero-order chi connectivity index (χ0) is 17.8. The van der Waals surface area contributed by atoms with Crippen molar-refractivity contribution in [3.05, 3.63) is 0 Å². The predicted molar refractivity (Wildman–Crippen MR) is 98.8 cm³/mol. The number of likely N-dealkylation sites (tertiary alicyclic amines) is 1. The van der Waals surface area contributed by atoms with Gasteiger partial charge in [0.25, 0.3) is 0 Å². The number of aliphatic hydroxyl groups is 1. The van der Waals surface area contributed by atoms with Crippen molar-refractivity contribution in [2.75, 3.05) is 26.2 Å². The summed E-state index contributed by atoms with van der Waals surface area (Å²) >= 11 is 0. The summed E-state index contributed by atoms with van der Waals surface area (Å²) in [5, 5.41) is 13.3. The molecule has 0 aromatic heterocycles. The zero-order valence-electron chi connectivity index (χ0n) is 16.2. The first-order valence-electron chi connectivity index (χ1n) is 9.87. The fourth-order valence-electron chi connectivity index (χ4n) is 4.76. The van der Waals surface area contributed by atoms with E-state index in [2.05, 4.69) is 24.1 Å². The van der Waals surface area contributed by atoms with Crippen LogP contribution in [-0.2, 0) is 4.79 Å². The third-order valence-electron chi connectivity index (χ3n) is 5.56. The van der Waals surface area contributed by atoms with Gasteiger partial charge >= 0.3 is 0 Å². The first-order chi connectivity index (χ1) is 11.1. The van der Waals surface area contributed by atoms with Crippen molar-refractivity contribution in [2.45, 2.75) is 78.2 Å². The van der Waals surface area contributed by atoms with E-state index in [0.717, 1.165) is 45.4 Å². The number of hydrogen-bond acceptors (Lipinski definition) is 3. The van der Waals surface area contributed by atoms with Crippen molar-refractivity contribution in [2.24, 2.45) is 17.3 Å². The zero-order valence-corrected chi connectivity index (χ0v) is 16.2. The molecule has 1 amide bonds. The minimum atomic E-state index is -0.605. The van der Waals surface area contributed by atoms with Gasteiger partial charge in [0, 0.05) is 19.0 Å². The molecule has 2 fully saturated rings. The largest absolute Gasteiger partial charge is 0.390 e. The van der Waals surface area contributed by atoms with Crippen LogP contribution in [0.1, 0.15) is 72.6 Å². The van der Waals surface area contributed by atoms with Crippen LogP contribution in [0.15, 0.2) is 0 Å². The van der Waals surface area contributed by atoms with Crippen molar-refractivity contribution >= 4 is 5.91 Å². The maximum absolute atomic E-state index is 12.1. The van der Waals surface area contributed by atoms with Gasteiger partial charge in [-0.05, 0) is 70.4 Å². The Morgan fingerprint density at radius 1 is 1.08 bits per heavy atom. The van der Waals surface area contributed by atoms with Crippen LogP contribution in [0.25, 0.3) is 0 Å². The molecule has 0 atom stereocenters. The first kappa shape index (κ1) is 19.7. The molecule has 4 heteroatoms. The fraction of sp³-hybridized carbons (Fsp3) is 0.950. The van der Waals surface area contributed by atoms with Gasteiger partial charge in [-0.1, -0.05) is 26.7 Å². The van der Waals surface area contributed by atoms with Crippen LogP contribution in [0.5, 0.6) is 0 Å². The molecule has 1 aliphatic heterocycles. The van der Waals surface area contributed by atoms with Gasteiger partial charge in [0.2, 0.25) is 5.91 Å². The quantitative estimate of drug-likeness (QED) is 0.749. The molecule has 24 heavy (non-hydrogen) atoms. The highest BCUT2D eigenvalue weighted by Gasteiger charge is 2.31. The molecule has 0 radical (unpaired) electrons. The van der Waals surface area contributed by atoms with Gasteiger partial charge in [0.15, 0.2) is 0 Å². The normalized spacial score (nSPS) is 22.0. The van der Waals surface area contributed by atoms with E-state index in [1.54, 1.807) is 0 Å². The monoisotopic (exact) mass is 338 g/mol. The second-order valence-electron chi connectivity index (χ2n) is 9.60. The summed E-state index contributed by atoms with van der Waals surface area (Å²) in [6, 6.07) is 0. The molecule has 0 aromatic rings. The summed E-state index contributed by atoms with van der Waals surface area (Å²) < 4.78 is 0. The van der Waals surface area contributed by atoms with E-state index < -0.39 is 5.60 Å². The average Bonchev–Trinajstić information content (AvgIpc) is 2.97. The smallest absolute Gasteiger partial charge is 0.223 e. The molecule has 140 valence electrons. The molecule has 1 heterocycles. The van der Waals surface area contributed by atoms with E-state index in [9.17, 15) is 9.90 Å². The summed E-state index contributed by atoms with van der Waals surface area (Å²) in [4.78, 5) is 14.7. The summed E-state index contributed by atoms with van der Waals surface area (Å²) in [5.41, 5.74) is -0.478. The first-order valence-corrected chi connectivity index (χ1v) is 9.87. The summed E-state index contributed by atoms with van der Waals surface area (Å²) in [5.74, 6) is 1.21. The highest BCUT2D eigenvalue weighted by atomic mass is 16.3. The number of nitrogens with one attached hydrogen (secondary N) is 1. The molecule has 2 N–H and O–H groups in total. The van der Waals surface area contributed by atoms with E-state index in [1.807, 2.05) is 13.8 Å². The Bertz CT molecular complexity index is 400. The fourth-order valence-corrected chi connectivity index (χ4v) is 4.76. The Labute approximate surface area is 148 Å². The molecule has 0 aromatic carbocycles. The molecule has 4 nitrogen and oxygen atoms in total. The van der Waals surface area contributed by atoms with Gasteiger partial charge < -0.3 is 15.3 Å². The van der Waals surface area contributed by atoms with Crippen LogP contribution < -0.4 is 5.32 Å². The van der Waals surface area contributed by atoms with Crippen molar-refractivity contribution in [3.63, 3.8) is 0 Å². The van der Waals surface area contributed by atoms with Crippen LogP contribution in [0.4, 0.5) is 0 Å². The molecule has 1 saturated carbocycles. The van der Waals surface area contributed by atoms with Gasteiger partial charge in [0.1, 0.15) is 0 Å². The number of rotatable bonds is 7.